The number of thioether (sulfide) groups is 1. The van der Waals surface area contributed by atoms with Crippen molar-refractivity contribution in [2.45, 2.75) is 13.8 Å². The van der Waals surface area contributed by atoms with E-state index >= 15 is 0 Å². The van der Waals surface area contributed by atoms with E-state index < -0.39 is 0 Å². The van der Waals surface area contributed by atoms with Crippen LogP contribution in [0.1, 0.15) is 16.7 Å². The molecular formula is C12H12NS. The standard InChI is InChI=1S/C12H12NS/c1-9-3-4-11(10(2)7-9)12-8-13-5-6-14-12/h3-8H,1-2H3. The third kappa shape index (κ3) is 1.85. The van der Waals surface area contributed by atoms with Gasteiger partial charge in [0.05, 0.1) is 0 Å². The molecule has 0 aliphatic carbocycles. The molecule has 0 saturated heterocycles. The topological polar surface area (TPSA) is 14.1 Å². The minimum absolute atomic E-state index is 1.23. The molecule has 0 bridgehead atoms. The lowest BCUT2D eigenvalue weighted by atomic mass is 10.1. The van der Waals surface area contributed by atoms with Crippen LogP contribution < -0.4 is 5.32 Å². The first-order chi connectivity index (χ1) is 6.77. The molecule has 0 N–H and O–H groups in total. The first-order valence-corrected chi connectivity index (χ1v) is 5.45. The van der Waals surface area contributed by atoms with E-state index in [1.54, 1.807) is 11.8 Å². The number of rotatable bonds is 1. The average Bonchev–Trinajstić information content (AvgIpc) is 2.19. The average molecular weight is 202 g/mol. The van der Waals surface area contributed by atoms with Gasteiger partial charge in [-0.15, -0.1) is 0 Å². The van der Waals surface area contributed by atoms with Crippen LogP contribution in [-0.2, 0) is 0 Å². The van der Waals surface area contributed by atoms with Crippen LogP contribution in [0.4, 0.5) is 0 Å². The fourth-order valence-corrected chi connectivity index (χ4v) is 2.26. The highest BCUT2D eigenvalue weighted by Crippen LogP contribution is 2.32. The van der Waals surface area contributed by atoms with Crippen LogP contribution in [0.2, 0.25) is 0 Å². The lowest BCUT2D eigenvalue weighted by Gasteiger charge is -2.10. The lowest BCUT2D eigenvalue weighted by molar-refractivity contribution is 1.18. The van der Waals surface area contributed by atoms with E-state index in [0.717, 1.165) is 0 Å². The number of hydrogen-bond donors (Lipinski definition) is 0. The van der Waals surface area contributed by atoms with E-state index in [4.69, 9.17) is 0 Å². The van der Waals surface area contributed by atoms with Crippen LogP contribution in [0.3, 0.4) is 0 Å². The molecule has 1 radical (unpaired) electrons. The normalized spacial score (nSPS) is 14.9. The molecule has 0 aromatic heterocycles. The first kappa shape index (κ1) is 9.41. The summed E-state index contributed by atoms with van der Waals surface area (Å²) >= 11 is 1.72. The van der Waals surface area contributed by atoms with Crippen molar-refractivity contribution in [2.75, 3.05) is 0 Å². The third-order valence-electron chi connectivity index (χ3n) is 2.18. The Bertz CT molecular complexity index is 405. The second-order valence-corrected chi connectivity index (χ2v) is 4.31. The largest absolute Gasteiger partial charge is 0.263 e. The highest BCUT2D eigenvalue weighted by Gasteiger charge is 2.06. The van der Waals surface area contributed by atoms with Crippen molar-refractivity contribution in [1.29, 1.82) is 0 Å². The molecule has 14 heavy (non-hydrogen) atoms. The van der Waals surface area contributed by atoms with Gasteiger partial charge in [0.2, 0.25) is 0 Å². The van der Waals surface area contributed by atoms with Crippen molar-refractivity contribution in [1.82, 2.24) is 5.32 Å². The zero-order valence-electron chi connectivity index (χ0n) is 8.32. The SMILES string of the molecule is Cc1ccc(C2=C[N]C=CS2)c(C)c1. The maximum Gasteiger partial charge on any atom is 0.0413 e. The van der Waals surface area contributed by atoms with Crippen molar-refractivity contribution in [3.63, 3.8) is 0 Å². The summed E-state index contributed by atoms with van der Waals surface area (Å²) in [7, 11) is 0. The molecule has 0 spiro atoms. The lowest BCUT2D eigenvalue weighted by Crippen LogP contribution is -1.93. The Hall–Kier alpha value is -1.15. The van der Waals surface area contributed by atoms with Crippen molar-refractivity contribution in [3.8, 4) is 0 Å². The Labute approximate surface area is 88.9 Å². The molecule has 1 heterocycles. The molecule has 71 valence electrons. The maximum absolute atomic E-state index is 4.14. The van der Waals surface area contributed by atoms with Crippen LogP contribution in [0.5, 0.6) is 0 Å². The molecular weight excluding hydrogens is 190 g/mol. The fourth-order valence-electron chi connectivity index (χ4n) is 1.50. The Kier molecular flexibility index (Phi) is 2.64. The molecule has 0 amide bonds. The molecule has 1 nitrogen and oxygen atoms in total. The summed E-state index contributed by atoms with van der Waals surface area (Å²) in [5.41, 5.74) is 3.91. The van der Waals surface area contributed by atoms with Gasteiger partial charge in [0, 0.05) is 17.3 Å². The van der Waals surface area contributed by atoms with Gasteiger partial charge in [0.15, 0.2) is 0 Å². The number of hydrogen-bond acceptors (Lipinski definition) is 1. The molecule has 0 unspecified atom stereocenters. The van der Waals surface area contributed by atoms with Gasteiger partial charge in [-0.1, -0.05) is 35.5 Å². The number of aryl methyl sites for hydroxylation is 2. The molecule has 2 rings (SSSR count). The molecule has 1 aromatic carbocycles. The summed E-state index contributed by atoms with van der Waals surface area (Å²) in [4.78, 5) is 1.23. The molecule has 0 fully saturated rings. The zero-order chi connectivity index (χ0) is 9.97. The monoisotopic (exact) mass is 202 g/mol. The maximum atomic E-state index is 4.14. The van der Waals surface area contributed by atoms with E-state index in [-0.39, 0.29) is 0 Å². The summed E-state index contributed by atoms with van der Waals surface area (Å²) < 4.78 is 0. The molecule has 2 heteroatoms. The first-order valence-electron chi connectivity index (χ1n) is 4.57. The Balaban J connectivity index is 2.36. The summed E-state index contributed by atoms with van der Waals surface area (Å²) in [5, 5.41) is 6.14. The van der Waals surface area contributed by atoms with Crippen LogP contribution in [0.25, 0.3) is 4.91 Å². The smallest absolute Gasteiger partial charge is 0.0413 e. The van der Waals surface area contributed by atoms with Gasteiger partial charge in [-0.2, -0.15) is 0 Å². The van der Waals surface area contributed by atoms with Crippen molar-refractivity contribution >= 4 is 16.7 Å². The zero-order valence-corrected chi connectivity index (χ0v) is 9.14. The fraction of sp³-hybridized carbons (Fsp3) is 0.167. The van der Waals surface area contributed by atoms with Gasteiger partial charge in [-0.05, 0) is 30.4 Å². The summed E-state index contributed by atoms with van der Waals surface area (Å²) in [6.07, 6.45) is 3.74. The Morgan fingerprint density at radius 2 is 2.07 bits per heavy atom. The highest BCUT2D eigenvalue weighted by atomic mass is 32.2. The van der Waals surface area contributed by atoms with Crippen molar-refractivity contribution in [2.24, 2.45) is 0 Å². The summed E-state index contributed by atoms with van der Waals surface area (Å²) in [6, 6.07) is 6.51. The van der Waals surface area contributed by atoms with E-state index in [1.807, 2.05) is 17.8 Å². The van der Waals surface area contributed by atoms with Crippen molar-refractivity contribution < 1.29 is 0 Å². The van der Waals surface area contributed by atoms with Gasteiger partial charge < -0.3 is 0 Å². The number of nitrogens with zero attached hydrogens (tertiary/aromatic N) is 1. The molecule has 1 aromatic rings. The van der Waals surface area contributed by atoms with Crippen molar-refractivity contribution in [3.05, 3.63) is 52.7 Å². The second-order valence-electron chi connectivity index (χ2n) is 3.36. The Morgan fingerprint density at radius 3 is 2.71 bits per heavy atom. The van der Waals surface area contributed by atoms with Gasteiger partial charge in [0.25, 0.3) is 0 Å². The minimum Gasteiger partial charge on any atom is -0.263 e. The van der Waals surface area contributed by atoms with E-state index in [0.29, 0.717) is 0 Å². The Morgan fingerprint density at radius 1 is 1.21 bits per heavy atom. The van der Waals surface area contributed by atoms with Crippen LogP contribution in [-0.4, -0.2) is 0 Å². The molecule has 1 aliphatic rings. The molecule has 0 atom stereocenters. The van der Waals surface area contributed by atoms with E-state index in [2.05, 4.69) is 37.4 Å². The summed E-state index contributed by atoms with van der Waals surface area (Å²) in [5.74, 6) is 0. The molecule has 0 saturated carbocycles. The van der Waals surface area contributed by atoms with E-state index in [1.165, 1.54) is 21.6 Å². The second kappa shape index (κ2) is 3.93. The van der Waals surface area contributed by atoms with Gasteiger partial charge >= 0.3 is 0 Å². The van der Waals surface area contributed by atoms with Crippen LogP contribution in [0.15, 0.2) is 36.0 Å². The molecule has 1 aliphatic heterocycles. The van der Waals surface area contributed by atoms with Gasteiger partial charge in [-0.25, -0.2) is 0 Å². The van der Waals surface area contributed by atoms with E-state index in [9.17, 15) is 0 Å². The van der Waals surface area contributed by atoms with Gasteiger partial charge in [-0.3, -0.25) is 5.32 Å². The van der Waals surface area contributed by atoms with Gasteiger partial charge in [0.1, 0.15) is 0 Å². The number of benzene rings is 1. The minimum atomic E-state index is 1.23. The summed E-state index contributed by atoms with van der Waals surface area (Å²) in [6.45, 7) is 4.26. The van der Waals surface area contributed by atoms with Crippen LogP contribution >= 0.6 is 11.8 Å². The predicted molar refractivity (Wildman–Crippen MR) is 62.8 cm³/mol. The quantitative estimate of drug-likeness (QED) is 0.680. The van der Waals surface area contributed by atoms with Crippen LogP contribution in [0, 0.1) is 13.8 Å². The predicted octanol–water partition coefficient (Wildman–Crippen LogP) is 3.42. The third-order valence-corrected chi connectivity index (χ3v) is 3.02. The highest BCUT2D eigenvalue weighted by molar-refractivity contribution is 8.11.